The van der Waals surface area contributed by atoms with Crippen LogP contribution in [0.1, 0.15) is 36.9 Å². The van der Waals surface area contributed by atoms with Crippen LogP contribution < -0.4 is 10.1 Å². The van der Waals surface area contributed by atoms with E-state index < -0.39 is 0 Å². The molecular weight excluding hydrogens is 236 g/mol. The van der Waals surface area contributed by atoms with Crippen molar-refractivity contribution in [3.05, 3.63) is 29.3 Å². The van der Waals surface area contributed by atoms with Crippen LogP contribution in [0.25, 0.3) is 0 Å². The highest BCUT2D eigenvalue weighted by molar-refractivity contribution is 5.39. The van der Waals surface area contributed by atoms with Gasteiger partial charge in [-0.25, -0.2) is 0 Å². The average molecular weight is 262 g/mol. The molecule has 1 N–H and O–H groups in total. The molecular formula is C16H26N2O. The molecule has 2 unspecified atom stereocenters. The van der Waals surface area contributed by atoms with Crippen LogP contribution in [-0.2, 0) is 0 Å². The van der Waals surface area contributed by atoms with Crippen LogP contribution in [0.3, 0.4) is 0 Å². The molecule has 1 saturated heterocycles. The van der Waals surface area contributed by atoms with Gasteiger partial charge < -0.3 is 10.1 Å². The van der Waals surface area contributed by atoms with E-state index in [2.05, 4.69) is 42.3 Å². The van der Waals surface area contributed by atoms with Crippen molar-refractivity contribution < 1.29 is 4.74 Å². The number of aryl methyl sites for hydroxylation is 1. The molecule has 1 aromatic carbocycles. The van der Waals surface area contributed by atoms with Crippen molar-refractivity contribution in [2.75, 3.05) is 27.2 Å². The molecule has 0 amide bonds. The number of rotatable bonds is 5. The number of nitrogens with one attached hydrogen (secondary N) is 1. The first-order chi connectivity index (χ1) is 9.15. The Bertz CT molecular complexity index is 419. The average Bonchev–Trinajstić information content (AvgIpc) is 2.81. The first kappa shape index (κ1) is 14.4. The topological polar surface area (TPSA) is 24.5 Å². The fourth-order valence-corrected chi connectivity index (χ4v) is 2.97. The van der Waals surface area contributed by atoms with Crippen LogP contribution in [0.15, 0.2) is 18.2 Å². The molecule has 2 rings (SSSR count). The van der Waals surface area contributed by atoms with Crippen LogP contribution in [0, 0.1) is 6.92 Å². The normalized spacial score (nSPS) is 21.6. The maximum Gasteiger partial charge on any atom is 0.123 e. The second-order valence-electron chi connectivity index (χ2n) is 5.57. The van der Waals surface area contributed by atoms with E-state index in [1.165, 1.54) is 30.5 Å². The second-order valence-corrected chi connectivity index (χ2v) is 5.57. The number of hydrogen-bond acceptors (Lipinski definition) is 3. The zero-order valence-corrected chi connectivity index (χ0v) is 12.6. The summed E-state index contributed by atoms with van der Waals surface area (Å²) in [5.74, 6) is 0.983. The summed E-state index contributed by atoms with van der Waals surface area (Å²) < 4.78 is 5.52. The van der Waals surface area contributed by atoms with E-state index in [9.17, 15) is 0 Å². The monoisotopic (exact) mass is 262 g/mol. The van der Waals surface area contributed by atoms with Gasteiger partial charge in [0.15, 0.2) is 0 Å². The van der Waals surface area contributed by atoms with Crippen molar-refractivity contribution >= 4 is 0 Å². The molecule has 1 aliphatic heterocycles. The Balaban J connectivity index is 2.18. The van der Waals surface area contributed by atoms with Crippen LogP contribution >= 0.6 is 0 Å². The van der Waals surface area contributed by atoms with Crippen molar-refractivity contribution in [2.45, 2.75) is 38.8 Å². The van der Waals surface area contributed by atoms with Gasteiger partial charge in [0, 0.05) is 24.2 Å². The molecule has 3 heteroatoms. The number of benzene rings is 1. The van der Waals surface area contributed by atoms with Gasteiger partial charge in [-0.15, -0.1) is 0 Å². The lowest BCUT2D eigenvalue weighted by molar-refractivity contribution is 0.239. The summed E-state index contributed by atoms with van der Waals surface area (Å²) >= 11 is 0. The van der Waals surface area contributed by atoms with E-state index in [1.807, 2.05) is 7.05 Å². The Labute approximate surface area is 116 Å². The standard InChI is InChI=1S/C16H26N2O/c1-12-7-8-16(19-4)14(10-12)15(17-3)11-18-9-5-6-13(18)2/h7-8,10,13,15,17H,5-6,9,11H2,1-4H3. The van der Waals surface area contributed by atoms with Gasteiger partial charge in [-0.2, -0.15) is 0 Å². The highest BCUT2D eigenvalue weighted by atomic mass is 16.5. The van der Waals surface area contributed by atoms with Crippen molar-refractivity contribution in [2.24, 2.45) is 0 Å². The highest BCUT2D eigenvalue weighted by Gasteiger charge is 2.24. The maximum absolute atomic E-state index is 5.52. The number of hydrogen-bond donors (Lipinski definition) is 1. The number of methoxy groups -OCH3 is 1. The summed E-state index contributed by atoms with van der Waals surface area (Å²) in [7, 11) is 3.78. The summed E-state index contributed by atoms with van der Waals surface area (Å²) in [6, 6.07) is 7.44. The van der Waals surface area contributed by atoms with Crippen LogP contribution in [0.4, 0.5) is 0 Å². The van der Waals surface area contributed by atoms with E-state index >= 15 is 0 Å². The van der Waals surface area contributed by atoms with Crippen molar-refractivity contribution in [1.82, 2.24) is 10.2 Å². The third kappa shape index (κ3) is 3.28. The molecule has 0 spiro atoms. The minimum atomic E-state index is 0.329. The summed E-state index contributed by atoms with van der Waals surface area (Å²) in [6.45, 7) is 6.73. The Morgan fingerprint density at radius 1 is 1.47 bits per heavy atom. The quantitative estimate of drug-likeness (QED) is 0.883. The molecule has 2 atom stereocenters. The van der Waals surface area contributed by atoms with Crippen molar-refractivity contribution in [3.8, 4) is 5.75 Å². The van der Waals surface area contributed by atoms with E-state index in [0.29, 0.717) is 12.1 Å². The fraction of sp³-hybridized carbons (Fsp3) is 0.625. The first-order valence-corrected chi connectivity index (χ1v) is 7.21. The van der Waals surface area contributed by atoms with Gasteiger partial charge in [0.25, 0.3) is 0 Å². The molecule has 1 aromatic rings. The van der Waals surface area contributed by atoms with E-state index in [1.54, 1.807) is 7.11 Å². The molecule has 1 aliphatic rings. The Hall–Kier alpha value is -1.06. The molecule has 0 radical (unpaired) electrons. The van der Waals surface area contributed by atoms with Crippen LogP contribution in [-0.4, -0.2) is 38.2 Å². The molecule has 0 aliphatic carbocycles. The zero-order chi connectivity index (χ0) is 13.8. The summed E-state index contributed by atoms with van der Waals surface area (Å²) in [5.41, 5.74) is 2.55. The minimum Gasteiger partial charge on any atom is -0.496 e. The molecule has 0 aromatic heterocycles. The smallest absolute Gasteiger partial charge is 0.123 e. The van der Waals surface area contributed by atoms with Gasteiger partial charge in [0.2, 0.25) is 0 Å². The summed E-state index contributed by atoms with van der Waals surface area (Å²) in [4.78, 5) is 2.57. The van der Waals surface area contributed by atoms with Crippen molar-refractivity contribution in [1.29, 1.82) is 0 Å². The molecule has 0 saturated carbocycles. The SMILES string of the molecule is CNC(CN1CCCC1C)c1cc(C)ccc1OC. The molecule has 19 heavy (non-hydrogen) atoms. The number of likely N-dealkylation sites (tertiary alicyclic amines) is 1. The second kappa shape index (κ2) is 6.40. The number of ether oxygens (including phenoxy) is 1. The molecule has 1 fully saturated rings. The predicted molar refractivity (Wildman–Crippen MR) is 79.8 cm³/mol. The summed E-state index contributed by atoms with van der Waals surface area (Å²) in [6.07, 6.45) is 2.64. The largest absolute Gasteiger partial charge is 0.496 e. The van der Waals surface area contributed by atoms with Crippen molar-refractivity contribution in [3.63, 3.8) is 0 Å². The lowest BCUT2D eigenvalue weighted by atomic mass is 10.0. The van der Waals surface area contributed by atoms with Gasteiger partial charge in [-0.1, -0.05) is 17.7 Å². The number of likely N-dealkylation sites (N-methyl/N-ethyl adjacent to an activating group) is 1. The Morgan fingerprint density at radius 2 is 2.26 bits per heavy atom. The maximum atomic E-state index is 5.52. The van der Waals surface area contributed by atoms with E-state index in [0.717, 1.165) is 12.3 Å². The zero-order valence-electron chi connectivity index (χ0n) is 12.6. The predicted octanol–water partition coefficient (Wildman–Crippen LogP) is 2.75. The van der Waals surface area contributed by atoms with Gasteiger partial charge in [0.1, 0.15) is 5.75 Å². The molecule has 3 nitrogen and oxygen atoms in total. The lowest BCUT2D eigenvalue weighted by Gasteiger charge is -2.28. The molecule has 0 bridgehead atoms. The summed E-state index contributed by atoms with van der Waals surface area (Å²) in [5, 5.41) is 3.45. The lowest BCUT2D eigenvalue weighted by Crippen LogP contribution is -2.36. The third-order valence-corrected chi connectivity index (χ3v) is 4.22. The Kier molecular flexibility index (Phi) is 4.83. The fourth-order valence-electron chi connectivity index (χ4n) is 2.97. The van der Waals surface area contributed by atoms with Gasteiger partial charge in [-0.3, -0.25) is 4.90 Å². The van der Waals surface area contributed by atoms with Crippen LogP contribution in [0.2, 0.25) is 0 Å². The highest BCUT2D eigenvalue weighted by Crippen LogP contribution is 2.28. The van der Waals surface area contributed by atoms with E-state index in [-0.39, 0.29) is 0 Å². The first-order valence-electron chi connectivity index (χ1n) is 7.21. The van der Waals surface area contributed by atoms with Gasteiger partial charge in [-0.05, 0) is 46.3 Å². The molecule has 1 heterocycles. The van der Waals surface area contributed by atoms with E-state index in [4.69, 9.17) is 4.74 Å². The molecule has 106 valence electrons. The van der Waals surface area contributed by atoms with Gasteiger partial charge >= 0.3 is 0 Å². The van der Waals surface area contributed by atoms with Gasteiger partial charge in [0.05, 0.1) is 7.11 Å². The number of nitrogens with zero attached hydrogens (tertiary/aromatic N) is 1. The third-order valence-electron chi connectivity index (χ3n) is 4.22. The minimum absolute atomic E-state index is 0.329. The Morgan fingerprint density at radius 3 is 2.84 bits per heavy atom. The van der Waals surface area contributed by atoms with Crippen LogP contribution in [0.5, 0.6) is 5.75 Å².